The summed E-state index contributed by atoms with van der Waals surface area (Å²) >= 11 is 0. The van der Waals surface area contributed by atoms with Crippen LogP contribution >= 0.6 is 33.8 Å². The average Bonchev–Trinajstić information content (AvgIpc) is 2.68. The fourth-order valence-electron chi connectivity index (χ4n) is 2.29. The van der Waals surface area contributed by atoms with Crippen LogP contribution in [0.1, 0.15) is 18.1 Å². The lowest BCUT2D eigenvalue weighted by Gasteiger charge is -2.10. The number of hydrogen-bond donors (Lipinski definition) is 5. The second-order valence-electron chi connectivity index (χ2n) is 6.24. The molecule has 0 aliphatic heterocycles. The zero-order valence-corrected chi connectivity index (χ0v) is 20.7. The van der Waals surface area contributed by atoms with Crippen molar-refractivity contribution in [3.8, 4) is 11.5 Å². The number of rotatable bonds is 7. The Morgan fingerprint density at radius 3 is 1.70 bits per heavy atom. The summed E-state index contributed by atoms with van der Waals surface area (Å²) in [5.74, 6) is -1.16. The van der Waals surface area contributed by atoms with E-state index in [0.29, 0.717) is 13.0 Å². The van der Waals surface area contributed by atoms with Crippen molar-refractivity contribution in [1.82, 2.24) is 0 Å². The van der Waals surface area contributed by atoms with Gasteiger partial charge in [0.05, 0.1) is 6.61 Å². The molecule has 9 nitrogen and oxygen atoms in total. The maximum absolute atomic E-state index is 11.2. The van der Waals surface area contributed by atoms with Gasteiger partial charge >= 0.3 is 11.9 Å². The Labute approximate surface area is 209 Å². The molecule has 33 heavy (non-hydrogen) atoms. The molecule has 2 rings (SSSR count). The van der Waals surface area contributed by atoms with Crippen molar-refractivity contribution < 1.29 is 33.9 Å². The molecule has 13 heteroatoms. The van der Waals surface area contributed by atoms with Crippen molar-refractivity contribution in [2.24, 2.45) is 11.5 Å². The van der Waals surface area contributed by atoms with E-state index < -0.39 is 33.2 Å². The molecular formula is C20H27Cl3N2O7S. The van der Waals surface area contributed by atoms with Crippen molar-refractivity contribution in [1.29, 1.82) is 0 Å². The topological polar surface area (TPSA) is 173 Å². The Bertz CT molecular complexity index is 886. The highest BCUT2D eigenvalue weighted by molar-refractivity contribution is 8.26. The van der Waals surface area contributed by atoms with E-state index in [1.807, 2.05) is 0 Å². The van der Waals surface area contributed by atoms with Gasteiger partial charge in [-0.05, 0) is 55.2 Å². The summed E-state index contributed by atoms with van der Waals surface area (Å²) < 4.78 is 13.9. The van der Waals surface area contributed by atoms with Crippen molar-refractivity contribution in [3.63, 3.8) is 0 Å². The number of halogens is 3. The minimum atomic E-state index is -1.67. The first-order chi connectivity index (χ1) is 15.0. The van der Waals surface area contributed by atoms with Crippen LogP contribution in [0.15, 0.2) is 48.5 Å². The number of ether oxygens (including phenoxy) is 1. The lowest BCUT2D eigenvalue weighted by molar-refractivity contribution is -0.144. The van der Waals surface area contributed by atoms with E-state index in [1.54, 1.807) is 43.3 Å². The van der Waals surface area contributed by atoms with Crippen LogP contribution in [-0.2, 0) is 36.4 Å². The van der Waals surface area contributed by atoms with Gasteiger partial charge in [0.15, 0.2) is 0 Å². The minimum Gasteiger partial charge on any atom is -0.508 e. The van der Waals surface area contributed by atoms with Crippen LogP contribution in [0.2, 0.25) is 0 Å². The predicted octanol–water partition coefficient (Wildman–Crippen LogP) is 2.64. The molecule has 2 atom stereocenters. The molecule has 0 amide bonds. The Balaban J connectivity index is 0. The third-order valence-electron chi connectivity index (χ3n) is 3.64. The average molecular weight is 546 g/mol. The van der Waals surface area contributed by atoms with Crippen LogP contribution in [0.3, 0.4) is 0 Å². The highest BCUT2D eigenvalue weighted by Gasteiger charge is 2.15. The first kappa shape index (κ1) is 33.1. The van der Waals surface area contributed by atoms with Gasteiger partial charge in [-0.3, -0.25) is 9.59 Å². The number of nitrogens with two attached hydrogens (primary N) is 2. The van der Waals surface area contributed by atoms with Gasteiger partial charge in [-0.15, -0.1) is 12.4 Å². The molecule has 0 fully saturated rings. The van der Waals surface area contributed by atoms with E-state index in [4.69, 9.17) is 30.6 Å². The Morgan fingerprint density at radius 1 is 0.970 bits per heavy atom. The number of aliphatic carboxylic acids is 1. The van der Waals surface area contributed by atoms with Gasteiger partial charge in [0.2, 0.25) is 9.23 Å². The monoisotopic (exact) mass is 544 g/mol. The number of carbonyl (C=O) groups excluding carboxylic acids is 1. The molecule has 2 aromatic carbocycles. The number of carboxylic acids is 1. The highest BCUT2D eigenvalue weighted by Crippen LogP contribution is 2.13. The van der Waals surface area contributed by atoms with Crippen molar-refractivity contribution in [3.05, 3.63) is 59.7 Å². The zero-order chi connectivity index (χ0) is 24.7. The molecule has 0 radical (unpaired) electrons. The normalized spacial score (nSPS) is 11.5. The Hall–Kier alpha value is -2.08. The molecule has 0 bridgehead atoms. The molecule has 0 aliphatic rings. The highest BCUT2D eigenvalue weighted by atomic mass is 36.0. The number of hydrogen-bond acceptors (Lipinski definition) is 8. The molecule has 2 unspecified atom stereocenters. The van der Waals surface area contributed by atoms with Crippen LogP contribution < -0.4 is 11.5 Å². The predicted molar refractivity (Wildman–Crippen MR) is 131 cm³/mol. The molecule has 0 aromatic heterocycles. The largest absolute Gasteiger partial charge is 0.508 e. The van der Waals surface area contributed by atoms with Crippen LogP contribution in [0, 0.1) is 0 Å². The second-order valence-corrected chi connectivity index (χ2v) is 8.76. The molecule has 0 heterocycles. The maximum Gasteiger partial charge on any atom is 0.323 e. The number of aromatic hydroxyl groups is 2. The molecule has 0 saturated heterocycles. The van der Waals surface area contributed by atoms with Crippen LogP contribution in [0.4, 0.5) is 0 Å². The maximum atomic E-state index is 11.2. The third kappa shape index (κ3) is 17.1. The number of carboxylic acid groups (broad SMARTS) is 1. The van der Waals surface area contributed by atoms with Crippen LogP contribution in [0.25, 0.3) is 0 Å². The Morgan fingerprint density at radius 2 is 1.36 bits per heavy atom. The number of phenols is 2. The number of benzene rings is 2. The summed E-state index contributed by atoms with van der Waals surface area (Å²) in [6.45, 7) is 2.06. The summed E-state index contributed by atoms with van der Waals surface area (Å²) in [6, 6.07) is 11.5. The summed E-state index contributed by atoms with van der Waals surface area (Å²) in [5.41, 5.74) is 12.5. The van der Waals surface area contributed by atoms with Gasteiger partial charge < -0.3 is 31.5 Å². The van der Waals surface area contributed by atoms with Gasteiger partial charge in [-0.1, -0.05) is 24.3 Å². The fraction of sp³-hybridized carbons (Fsp3) is 0.300. The fourth-order valence-corrected chi connectivity index (χ4v) is 2.29. The van der Waals surface area contributed by atoms with Gasteiger partial charge in [0, 0.05) is 21.4 Å². The van der Waals surface area contributed by atoms with Gasteiger partial charge in [-0.25, -0.2) is 4.21 Å². The Kier molecular flexibility index (Phi) is 18.4. The summed E-state index contributed by atoms with van der Waals surface area (Å²) in [4.78, 5) is 21.6. The molecule has 2 aromatic rings. The molecular weight excluding hydrogens is 519 g/mol. The summed E-state index contributed by atoms with van der Waals surface area (Å²) in [7, 11) is 7.36. The van der Waals surface area contributed by atoms with E-state index >= 15 is 0 Å². The standard InChI is InChI=1S/C11H15NO3.C9H11NO3.Cl2OS.ClH/c1-2-15-11(14)10(12)7-8-4-3-5-9(13)6-8;10-8(9(12)13)5-6-2-1-3-7(11)4-6;1-4(2)3;/h3-6,10,13H,2,7,12H2,1H3;1-4,8,11H,5,10H2,(H,12,13);;1H. The molecule has 0 spiro atoms. The first-order valence-corrected chi connectivity index (χ1v) is 12.0. The number of phenolic OH excluding ortho intramolecular Hbond substituents is 2. The summed E-state index contributed by atoms with van der Waals surface area (Å²) in [5, 5.41) is 26.8. The zero-order valence-electron chi connectivity index (χ0n) is 17.6. The number of carbonyl (C=O) groups is 2. The van der Waals surface area contributed by atoms with Crippen LogP contribution in [0.5, 0.6) is 11.5 Å². The molecule has 0 aliphatic carbocycles. The SMILES string of the molecule is CCOC(=O)C(N)Cc1cccc(O)c1.Cl.NC(Cc1cccc(O)c1)C(=O)O.O=S(Cl)Cl. The summed E-state index contributed by atoms with van der Waals surface area (Å²) in [6.07, 6.45) is 0.594. The van der Waals surface area contributed by atoms with Crippen molar-refractivity contribution >= 4 is 54.9 Å². The van der Waals surface area contributed by atoms with Gasteiger partial charge in [-0.2, -0.15) is 0 Å². The smallest absolute Gasteiger partial charge is 0.323 e. The third-order valence-corrected chi connectivity index (χ3v) is 3.64. The van der Waals surface area contributed by atoms with E-state index in [2.05, 4.69) is 21.4 Å². The quantitative estimate of drug-likeness (QED) is 0.259. The van der Waals surface area contributed by atoms with Crippen LogP contribution in [-0.4, -0.2) is 50.2 Å². The second kappa shape index (κ2) is 18.4. The van der Waals surface area contributed by atoms with Crippen molar-refractivity contribution in [2.45, 2.75) is 31.8 Å². The molecule has 0 saturated carbocycles. The van der Waals surface area contributed by atoms with E-state index in [-0.39, 0.29) is 30.3 Å². The molecule has 186 valence electrons. The van der Waals surface area contributed by atoms with Gasteiger partial charge in [0.25, 0.3) is 0 Å². The lowest BCUT2D eigenvalue weighted by atomic mass is 10.1. The lowest BCUT2D eigenvalue weighted by Crippen LogP contribution is -2.34. The number of esters is 1. The van der Waals surface area contributed by atoms with Gasteiger partial charge in [0.1, 0.15) is 23.6 Å². The van der Waals surface area contributed by atoms with E-state index in [9.17, 15) is 14.7 Å². The minimum absolute atomic E-state index is 0. The molecule has 7 N–H and O–H groups in total. The van der Waals surface area contributed by atoms with E-state index in [1.165, 1.54) is 12.1 Å². The van der Waals surface area contributed by atoms with Crippen molar-refractivity contribution in [2.75, 3.05) is 6.61 Å². The van der Waals surface area contributed by atoms with E-state index in [0.717, 1.165) is 11.1 Å². The first-order valence-electron chi connectivity index (χ1n) is 9.16.